The normalized spacial score (nSPS) is 10.7. The van der Waals surface area contributed by atoms with Crippen LogP contribution in [0.15, 0.2) is 40.5 Å². The van der Waals surface area contributed by atoms with E-state index in [0.717, 1.165) is 16.3 Å². The number of hydrogen-bond donors (Lipinski definition) is 1. The monoisotopic (exact) mass is 286 g/mol. The number of nitrogens with zero attached hydrogens (tertiary/aromatic N) is 2. The number of carboxylic acid groups (broad SMARTS) is 1. The lowest BCUT2D eigenvalue weighted by atomic mass is 10.2. The average Bonchev–Trinajstić information content (AvgIpc) is 3.08. The first-order chi connectivity index (χ1) is 9.63. The van der Waals surface area contributed by atoms with Crippen LogP contribution in [-0.4, -0.2) is 21.0 Å². The zero-order valence-corrected chi connectivity index (χ0v) is 11.3. The summed E-state index contributed by atoms with van der Waals surface area (Å²) in [6.45, 7) is 1.97. The second-order valence-corrected chi connectivity index (χ2v) is 5.12. The largest absolute Gasteiger partial charge is 0.478 e. The molecule has 0 atom stereocenters. The second kappa shape index (κ2) is 4.90. The minimum Gasteiger partial charge on any atom is -0.478 e. The first kappa shape index (κ1) is 12.6. The number of pyridine rings is 1. The molecule has 1 N–H and O–H groups in total. The molecule has 0 aliphatic heterocycles. The maximum Gasteiger partial charge on any atom is 0.338 e. The van der Waals surface area contributed by atoms with Gasteiger partial charge in [-0.2, -0.15) is 0 Å². The van der Waals surface area contributed by atoms with Crippen LogP contribution < -0.4 is 0 Å². The van der Waals surface area contributed by atoms with E-state index in [4.69, 9.17) is 9.52 Å². The highest BCUT2D eigenvalue weighted by Crippen LogP contribution is 2.28. The number of carboxylic acids is 1. The van der Waals surface area contributed by atoms with Gasteiger partial charge < -0.3 is 9.52 Å². The molecule has 6 heteroatoms. The van der Waals surface area contributed by atoms with Crippen LogP contribution in [0, 0.1) is 6.92 Å². The highest BCUT2D eigenvalue weighted by atomic mass is 32.1. The van der Waals surface area contributed by atoms with Crippen molar-refractivity contribution < 1.29 is 14.3 Å². The molecule has 0 unspecified atom stereocenters. The van der Waals surface area contributed by atoms with Gasteiger partial charge in [0, 0.05) is 17.6 Å². The van der Waals surface area contributed by atoms with Crippen molar-refractivity contribution in [1.82, 2.24) is 9.97 Å². The first-order valence-corrected chi connectivity index (χ1v) is 6.72. The third-order valence-electron chi connectivity index (χ3n) is 2.73. The molecule has 0 saturated carbocycles. The standard InChI is InChI=1S/C14H10N2O3S/c1-8-2-3-10(15-5-8)13-16-11(7-20-13)12-4-9(6-19-12)14(17)18/h2-7H,1H3,(H,17,18). The van der Waals surface area contributed by atoms with Crippen LogP contribution in [0.4, 0.5) is 0 Å². The van der Waals surface area contributed by atoms with Gasteiger partial charge in [-0.05, 0) is 18.6 Å². The van der Waals surface area contributed by atoms with Gasteiger partial charge >= 0.3 is 5.97 Å². The van der Waals surface area contributed by atoms with Gasteiger partial charge in [0.2, 0.25) is 0 Å². The molecular formula is C14H10N2O3S. The van der Waals surface area contributed by atoms with Gasteiger partial charge in [-0.15, -0.1) is 11.3 Å². The number of aromatic carboxylic acids is 1. The quantitative estimate of drug-likeness (QED) is 0.797. The molecule has 0 amide bonds. The van der Waals surface area contributed by atoms with E-state index in [2.05, 4.69) is 9.97 Å². The van der Waals surface area contributed by atoms with E-state index in [1.807, 2.05) is 24.4 Å². The summed E-state index contributed by atoms with van der Waals surface area (Å²) in [5.74, 6) is -0.576. The van der Waals surface area contributed by atoms with Crippen molar-refractivity contribution in [2.24, 2.45) is 0 Å². The Labute approximate surface area is 118 Å². The third-order valence-corrected chi connectivity index (χ3v) is 3.60. The molecule has 0 bridgehead atoms. The van der Waals surface area contributed by atoms with Crippen LogP contribution in [0.25, 0.3) is 22.2 Å². The molecule has 0 fully saturated rings. The van der Waals surface area contributed by atoms with Crippen LogP contribution >= 0.6 is 11.3 Å². The van der Waals surface area contributed by atoms with Gasteiger partial charge in [0.05, 0.1) is 11.3 Å². The number of hydrogen-bond acceptors (Lipinski definition) is 5. The van der Waals surface area contributed by atoms with E-state index in [1.165, 1.54) is 23.7 Å². The molecule has 20 heavy (non-hydrogen) atoms. The summed E-state index contributed by atoms with van der Waals surface area (Å²) in [4.78, 5) is 19.6. The summed E-state index contributed by atoms with van der Waals surface area (Å²) in [7, 11) is 0. The Balaban J connectivity index is 1.93. The molecule has 3 heterocycles. The Kier molecular flexibility index (Phi) is 3.08. The molecule has 0 aliphatic carbocycles. The smallest absolute Gasteiger partial charge is 0.338 e. The Morgan fingerprint density at radius 2 is 2.20 bits per heavy atom. The summed E-state index contributed by atoms with van der Waals surface area (Å²) in [5.41, 5.74) is 2.60. The fourth-order valence-corrected chi connectivity index (χ4v) is 2.47. The Morgan fingerprint density at radius 1 is 1.35 bits per heavy atom. The molecule has 0 aliphatic rings. The van der Waals surface area contributed by atoms with Crippen molar-refractivity contribution in [2.45, 2.75) is 6.92 Å². The van der Waals surface area contributed by atoms with Crippen molar-refractivity contribution >= 4 is 17.3 Å². The molecule has 0 aromatic carbocycles. The number of thiazole rings is 1. The number of aromatic nitrogens is 2. The van der Waals surface area contributed by atoms with Gasteiger partial charge in [0.15, 0.2) is 5.76 Å². The van der Waals surface area contributed by atoms with Crippen molar-refractivity contribution in [3.05, 3.63) is 47.2 Å². The molecule has 3 aromatic rings. The predicted molar refractivity (Wildman–Crippen MR) is 74.7 cm³/mol. The van der Waals surface area contributed by atoms with Crippen LogP contribution in [0.2, 0.25) is 0 Å². The van der Waals surface area contributed by atoms with E-state index in [-0.39, 0.29) is 5.56 Å². The van der Waals surface area contributed by atoms with Gasteiger partial charge in [0.1, 0.15) is 17.0 Å². The zero-order valence-electron chi connectivity index (χ0n) is 10.5. The number of furan rings is 1. The second-order valence-electron chi connectivity index (χ2n) is 4.26. The number of carbonyl (C=O) groups is 1. The van der Waals surface area contributed by atoms with Crippen molar-refractivity contribution in [2.75, 3.05) is 0 Å². The van der Waals surface area contributed by atoms with Crippen molar-refractivity contribution in [1.29, 1.82) is 0 Å². The van der Waals surface area contributed by atoms with E-state index in [0.29, 0.717) is 11.5 Å². The van der Waals surface area contributed by atoms with E-state index >= 15 is 0 Å². The van der Waals surface area contributed by atoms with E-state index < -0.39 is 5.97 Å². The maximum atomic E-state index is 10.8. The van der Waals surface area contributed by atoms with Gasteiger partial charge in [-0.25, -0.2) is 9.78 Å². The zero-order chi connectivity index (χ0) is 14.1. The topological polar surface area (TPSA) is 76.2 Å². The van der Waals surface area contributed by atoms with E-state index in [9.17, 15) is 4.79 Å². The third kappa shape index (κ3) is 2.33. The summed E-state index contributed by atoms with van der Waals surface area (Å²) >= 11 is 1.44. The fourth-order valence-electron chi connectivity index (χ4n) is 1.68. The average molecular weight is 286 g/mol. The van der Waals surface area contributed by atoms with Gasteiger partial charge in [-0.1, -0.05) is 6.07 Å². The molecule has 0 radical (unpaired) electrons. The molecule has 5 nitrogen and oxygen atoms in total. The Hall–Kier alpha value is -2.47. The van der Waals surface area contributed by atoms with Gasteiger partial charge in [-0.3, -0.25) is 4.98 Å². The summed E-state index contributed by atoms with van der Waals surface area (Å²) in [6, 6.07) is 5.34. The van der Waals surface area contributed by atoms with Crippen molar-refractivity contribution in [3.63, 3.8) is 0 Å². The first-order valence-electron chi connectivity index (χ1n) is 5.84. The number of aryl methyl sites for hydroxylation is 1. The highest BCUT2D eigenvalue weighted by molar-refractivity contribution is 7.13. The molecular weight excluding hydrogens is 276 g/mol. The fraction of sp³-hybridized carbons (Fsp3) is 0.0714. The van der Waals surface area contributed by atoms with Crippen LogP contribution in [0.3, 0.4) is 0 Å². The lowest BCUT2D eigenvalue weighted by molar-refractivity contribution is 0.0696. The maximum absolute atomic E-state index is 10.8. The Bertz CT molecular complexity index is 759. The Morgan fingerprint density at radius 3 is 2.85 bits per heavy atom. The van der Waals surface area contributed by atoms with Gasteiger partial charge in [0.25, 0.3) is 0 Å². The van der Waals surface area contributed by atoms with Crippen molar-refractivity contribution in [3.8, 4) is 22.2 Å². The molecule has 3 rings (SSSR count). The molecule has 3 aromatic heterocycles. The number of rotatable bonds is 3. The van der Waals surface area contributed by atoms with Crippen LogP contribution in [0.1, 0.15) is 15.9 Å². The predicted octanol–water partition coefficient (Wildman–Crippen LogP) is 3.47. The SMILES string of the molecule is Cc1ccc(-c2nc(-c3cc(C(=O)O)co3)cs2)nc1. The van der Waals surface area contributed by atoms with Crippen LogP contribution in [-0.2, 0) is 0 Å². The molecule has 0 saturated heterocycles. The van der Waals surface area contributed by atoms with Crippen LogP contribution in [0.5, 0.6) is 0 Å². The summed E-state index contributed by atoms with van der Waals surface area (Å²) < 4.78 is 5.22. The molecule has 100 valence electrons. The lowest BCUT2D eigenvalue weighted by Crippen LogP contribution is -1.91. The highest BCUT2D eigenvalue weighted by Gasteiger charge is 2.13. The summed E-state index contributed by atoms with van der Waals surface area (Å²) in [6.07, 6.45) is 2.99. The summed E-state index contributed by atoms with van der Waals surface area (Å²) in [5, 5.41) is 11.5. The minimum atomic E-state index is -1.02. The molecule has 0 spiro atoms. The van der Waals surface area contributed by atoms with E-state index in [1.54, 1.807) is 6.20 Å². The lowest BCUT2D eigenvalue weighted by Gasteiger charge is -1.95. The minimum absolute atomic E-state index is 0.114.